The smallest absolute Gasteiger partial charge is 0.344 e. The first-order valence-electron chi connectivity index (χ1n) is 5.24. The highest BCUT2D eigenvalue weighted by Gasteiger charge is 2.18. The number of carboxylic acids is 1. The van der Waals surface area contributed by atoms with Gasteiger partial charge in [-0.05, 0) is 38.2 Å². The summed E-state index contributed by atoms with van der Waals surface area (Å²) >= 11 is 0. The van der Waals surface area contributed by atoms with Gasteiger partial charge in [-0.15, -0.1) is 0 Å². The number of aliphatic carboxylic acids is 1. The number of hydrogen-bond donors (Lipinski definition) is 2. The molecular formula is C12H17NO3. The lowest BCUT2D eigenvalue weighted by molar-refractivity contribution is -0.145. The molecule has 16 heavy (non-hydrogen) atoms. The Hall–Kier alpha value is -1.55. The predicted octanol–water partition coefficient (Wildman–Crippen LogP) is 1.44. The molecule has 88 valence electrons. The minimum absolute atomic E-state index is 0.444. The molecule has 4 nitrogen and oxygen atoms in total. The summed E-state index contributed by atoms with van der Waals surface area (Å²) in [6.45, 7) is 2.55. The summed E-state index contributed by atoms with van der Waals surface area (Å²) in [6.07, 6.45) is -0.353. The van der Waals surface area contributed by atoms with E-state index in [2.05, 4.69) is 5.32 Å². The largest absolute Gasteiger partial charge is 0.479 e. The third-order valence-corrected chi connectivity index (χ3v) is 2.20. The summed E-state index contributed by atoms with van der Waals surface area (Å²) in [5.74, 6) is -0.333. The van der Waals surface area contributed by atoms with Crippen molar-refractivity contribution in [1.29, 1.82) is 0 Å². The third-order valence-electron chi connectivity index (χ3n) is 2.20. The lowest BCUT2D eigenvalue weighted by Crippen LogP contribution is -2.30. The number of benzene rings is 1. The van der Waals surface area contributed by atoms with Crippen LogP contribution in [0.4, 0.5) is 0 Å². The van der Waals surface area contributed by atoms with Crippen molar-refractivity contribution in [1.82, 2.24) is 5.32 Å². The van der Waals surface area contributed by atoms with Crippen LogP contribution in [0.15, 0.2) is 24.3 Å². The first-order chi connectivity index (χ1) is 7.63. The fourth-order valence-electron chi connectivity index (χ4n) is 1.36. The summed E-state index contributed by atoms with van der Waals surface area (Å²) in [7, 11) is 1.78. The van der Waals surface area contributed by atoms with Crippen molar-refractivity contribution in [3.8, 4) is 5.75 Å². The highest BCUT2D eigenvalue weighted by atomic mass is 16.5. The second kappa shape index (κ2) is 6.12. The predicted molar refractivity (Wildman–Crippen MR) is 61.8 cm³/mol. The van der Waals surface area contributed by atoms with Gasteiger partial charge in [-0.25, -0.2) is 4.79 Å². The third kappa shape index (κ3) is 3.90. The standard InChI is InChI=1S/C12H17NO3/c1-9-4-3-5-10(8-9)16-11(12(14)15)6-7-13-2/h3-5,8,11,13H,6-7H2,1-2H3,(H,14,15). The van der Waals surface area contributed by atoms with Crippen molar-refractivity contribution in [2.24, 2.45) is 0 Å². The minimum atomic E-state index is -0.934. The topological polar surface area (TPSA) is 58.6 Å². The van der Waals surface area contributed by atoms with Gasteiger partial charge in [0.15, 0.2) is 6.10 Å². The Morgan fingerprint density at radius 1 is 1.56 bits per heavy atom. The molecule has 0 heterocycles. The van der Waals surface area contributed by atoms with E-state index in [1.54, 1.807) is 13.1 Å². The molecule has 0 amide bonds. The fraction of sp³-hybridized carbons (Fsp3) is 0.417. The van der Waals surface area contributed by atoms with Gasteiger partial charge in [0.1, 0.15) is 5.75 Å². The average Bonchev–Trinajstić information content (AvgIpc) is 2.24. The number of nitrogens with one attached hydrogen (secondary N) is 1. The van der Waals surface area contributed by atoms with E-state index in [1.165, 1.54) is 0 Å². The van der Waals surface area contributed by atoms with Crippen molar-refractivity contribution in [3.63, 3.8) is 0 Å². The van der Waals surface area contributed by atoms with Crippen LogP contribution >= 0.6 is 0 Å². The number of hydrogen-bond acceptors (Lipinski definition) is 3. The second-order valence-electron chi connectivity index (χ2n) is 3.65. The van der Waals surface area contributed by atoms with Gasteiger partial charge in [0.25, 0.3) is 0 Å². The molecule has 0 fully saturated rings. The zero-order valence-corrected chi connectivity index (χ0v) is 9.56. The Morgan fingerprint density at radius 3 is 2.88 bits per heavy atom. The number of ether oxygens (including phenoxy) is 1. The summed E-state index contributed by atoms with van der Waals surface area (Å²) < 4.78 is 5.42. The maximum atomic E-state index is 10.9. The lowest BCUT2D eigenvalue weighted by atomic mass is 10.2. The molecule has 0 aliphatic carbocycles. The first-order valence-corrected chi connectivity index (χ1v) is 5.24. The normalized spacial score (nSPS) is 12.1. The lowest BCUT2D eigenvalue weighted by Gasteiger charge is -2.15. The maximum absolute atomic E-state index is 10.9. The van der Waals surface area contributed by atoms with E-state index in [0.29, 0.717) is 18.7 Å². The fourth-order valence-corrected chi connectivity index (χ4v) is 1.36. The molecule has 1 unspecified atom stereocenters. The van der Waals surface area contributed by atoms with Gasteiger partial charge >= 0.3 is 5.97 Å². The molecule has 0 aromatic heterocycles. The summed E-state index contributed by atoms with van der Waals surface area (Å²) in [5, 5.41) is 11.9. The van der Waals surface area contributed by atoms with Gasteiger partial charge in [0.05, 0.1) is 0 Å². The van der Waals surface area contributed by atoms with Crippen LogP contribution in [0.25, 0.3) is 0 Å². The van der Waals surface area contributed by atoms with E-state index >= 15 is 0 Å². The van der Waals surface area contributed by atoms with Gasteiger partial charge in [0.2, 0.25) is 0 Å². The molecule has 0 saturated carbocycles. The average molecular weight is 223 g/mol. The Kier molecular flexibility index (Phi) is 4.79. The SMILES string of the molecule is CNCCC(Oc1cccc(C)c1)C(=O)O. The first kappa shape index (κ1) is 12.5. The van der Waals surface area contributed by atoms with Gasteiger partial charge in [-0.2, -0.15) is 0 Å². The molecule has 0 aliphatic rings. The second-order valence-corrected chi connectivity index (χ2v) is 3.65. The quantitative estimate of drug-likeness (QED) is 0.766. The van der Waals surface area contributed by atoms with Gasteiger partial charge in [-0.1, -0.05) is 12.1 Å². The van der Waals surface area contributed by atoms with Gasteiger partial charge < -0.3 is 15.2 Å². The summed E-state index contributed by atoms with van der Waals surface area (Å²) in [6, 6.07) is 7.38. The molecule has 0 aliphatic heterocycles. The summed E-state index contributed by atoms with van der Waals surface area (Å²) in [4.78, 5) is 10.9. The molecule has 4 heteroatoms. The molecular weight excluding hydrogens is 206 g/mol. The highest BCUT2D eigenvalue weighted by molar-refractivity contribution is 5.72. The molecule has 0 saturated heterocycles. The molecule has 1 aromatic carbocycles. The Balaban J connectivity index is 2.64. The van der Waals surface area contributed by atoms with Crippen LogP contribution in [0.1, 0.15) is 12.0 Å². The van der Waals surface area contributed by atoms with Gasteiger partial charge in [-0.3, -0.25) is 0 Å². The van der Waals surface area contributed by atoms with E-state index in [1.807, 2.05) is 25.1 Å². The Bertz CT molecular complexity index is 352. The number of carbonyl (C=O) groups is 1. The van der Waals surface area contributed by atoms with Crippen molar-refractivity contribution >= 4 is 5.97 Å². The molecule has 1 rings (SSSR count). The van der Waals surface area contributed by atoms with Crippen LogP contribution in [0.3, 0.4) is 0 Å². The molecule has 1 aromatic rings. The zero-order chi connectivity index (χ0) is 12.0. The Labute approximate surface area is 95.2 Å². The van der Waals surface area contributed by atoms with Crippen LogP contribution in [0, 0.1) is 6.92 Å². The van der Waals surface area contributed by atoms with E-state index < -0.39 is 12.1 Å². The number of carboxylic acid groups (broad SMARTS) is 1. The van der Waals surface area contributed by atoms with E-state index in [4.69, 9.17) is 9.84 Å². The van der Waals surface area contributed by atoms with Crippen LogP contribution in [0.5, 0.6) is 5.75 Å². The zero-order valence-electron chi connectivity index (χ0n) is 9.56. The van der Waals surface area contributed by atoms with Crippen molar-refractivity contribution < 1.29 is 14.6 Å². The Morgan fingerprint density at radius 2 is 2.31 bits per heavy atom. The van der Waals surface area contributed by atoms with E-state index in [0.717, 1.165) is 5.56 Å². The van der Waals surface area contributed by atoms with Crippen LogP contribution in [-0.4, -0.2) is 30.8 Å². The van der Waals surface area contributed by atoms with Crippen molar-refractivity contribution in [3.05, 3.63) is 29.8 Å². The van der Waals surface area contributed by atoms with Crippen LogP contribution in [0.2, 0.25) is 0 Å². The van der Waals surface area contributed by atoms with E-state index in [-0.39, 0.29) is 0 Å². The van der Waals surface area contributed by atoms with E-state index in [9.17, 15) is 4.79 Å². The van der Waals surface area contributed by atoms with Crippen LogP contribution < -0.4 is 10.1 Å². The van der Waals surface area contributed by atoms with Crippen molar-refractivity contribution in [2.45, 2.75) is 19.4 Å². The van der Waals surface area contributed by atoms with Gasteiger partial charge in [0, 0.05) is 6.42 Å². The highest BCUT2D eigenvalue weighted by Crippen LogP contribution is 2.15. The number of aryl methyl sites for hydroxylation is 1. The molecule has 2 N–H and O–H groups in total. The van der Waals surface area contributed by atoms with Crippen molar-refractivity contribution in [2.75, 3.05) is 13.6 Å². The summed E-state index contributed by atoms with van der Waals surface area (Å²) in [5.41, 5.74) is 1.05. The number of rotatable bonds is 6. The molecule has 1 atom stereocenters. The minimum Gasteiger partial charge on any atom is -0.479 e. The van der Waals surface area contributed by atoms with Crippen LogP contribution in [-0.2, 0) is 4.79 Å². The molecule has 0 spiro atoms. The molecule has 0 bridgehead atoms. The maximum Gasteiger partial charge on any atom is 0.344 e. The monoisotopic (exact) mass is 223 g/mol. The molecule has 0 radical (unpaired) electrons.